The minimum atomic E-state index is 0.715. The van der Waals surface area contributed by atoms with Crippen molar-refractivity contribution in [1.82, 2.24) is 0 Å². The molecule has 4 atom stereocenters. The number of fused-ring (bicyclic) bond motifs is 6. The van der Waals surface area contributed by atoms with Gasteiger partial charge in [0.1, 0.15) is 0 Å². The van der Waals surface area contributed by atoms with Crippen molar-refractivity contribution in [2.24, 2.45) is 23.7 Å². The van der Waals surface area contributed by atoms with Crippen molar-refractivity contribution in [2.45, 2.75) is 158 Å². The third-order valence-electron chi connectivity index (χ3n) is 12.9. The molecule has 2 heterocycles. The fourth-order valence-corrected chi connectivity index (χ4v) is 16.7. The fraction of sp³-hybridized carbons (Fsp3) is 0.635. The number of methoxy groups -OCH3 is 1. The summed E-state index contributed by atoms with van der Waals surface area (Å²) in [6, 6.07) is 9.67. The Labute approximate surface area is 391 Å². The predicted octanol–water partition coefficient (Wildman–Crippen LogP) is 18.8. The second-order valence-electron chi connectivity index (χ2n) is 17.2. The number of carbonyl (C=O) groups excluding carboxylic acids is 1. The second-order valence-corrected chi connectivity index (χ2v) is 23.9. The average Bonchev–Trinajstić information content (AvgIpc) is 4.03. The van der Waals surface area contributed by atoms with Gasteiger partial charge in [0.05, 0.1) is 12.0 Å². The van der Waals surface area contributed by atoms with Gasteiger partial charge in [-0.3, -0.25) is 4.79 Å². The van der Waals surface area contributed by atoms with Crippen LogP contribution in [0.5, 0.6) is 5.06 Å². The second kappa shape index (κ2) is 26.1. The Kier molecular flexibility index (Phi) is 21.7. The van der Waals surface area contributed by atoms with E-state index in [-0.39, 0.29) is 0 Å². The quantitative estimate of drug-likeness (QED) is 0.0426. The van der Waals surface area contributed by atoms with Crippen LogP contribution in [0.4, 0.5) is 0 Å². The number of benzene rings is 1. The molecule has 4 unspecified atom stereocenters. The monoisotopic (exact) mass is 924 g/mol. The van der Waals surface area contributed by atoms with Crippen LogP contribution in [0.15, 0.2) is 32.7 Å². The first-order valence-corrected chi connectivity index (χ1v) is 29.4. The maximum absolute atomic E-state index is 12.5. The lowest BCUT2D eigenvalue weighted by molar-refractivity contribution is 0.112. The first kappa shape index (κ1) is 50.0. The third-order valence-corrected chi connectivity index (χ3v) is 20.9. The lowest BCUT2D eigenvalue weighted by Crippen LogP contribution is -2.05. The Bertz CT molecular complexity index is 1820. The van der Waals surface area contributed by atoms with Gasteiger partial charge in [0.2, 0.25) is 0 Å². The highest BCUT2D eigenvalue weighted by Gasteiger charge is 2.36. The van der Waals surface area contributed by atoms with E-state index in [1.165, 1.54) is 177 Å². The lowest BCUT2D eigenvalue weighted by Gasteiger charge is -2.21. The number of carbonyl (C=O) groups is 1. The standard InChI is InChI=1S/C52H76O2S6/c1-10-18-22-35(14-5)31-55-51(56-32-36(15-6)23-19-11-2)47-40-28-43-41(27-42(40)49-44(47)26-39(30-53)59-49)48(45-29-46(54-9)60-50(43)45)52(57-33-37(16-7)24-20-12-3)58-34-38(17-8)25-21-13-4/h26-30,35-38H,10-25,31-34H2,1-9H3. The molecule has 5 rings (SSSR count). The molecule has 0 bridgehead atoms. The number of hydrogen-bond donors (Lipinski definition) is 0. The number of aldehydes is 1. The molecule has 0 saturated carbocycles. The van der Waals surface area contributed by atoms with Crippen LogP contribution in [0, 0.1) is 23.7 Å². The molecule has 1 aromatic carbocycles. The van der Waals surface area contributed by atoms with Crippen molar-refractivity contribution in [3.63, 3.8) is 0 Å². The van der Waals surface area contributed by atoms with E-state index in [1.807, 2.05) is 18.4 Å². The minimum Gasteiger partial charge on any atom is -0.487 e. The SMILES string of the molecule is CCCCC(CC)CSC(SCC(CC)CCCC)=C1c2cc3c(cc2-c2sc(C=O)cc21)C(=C(SCC(CC)CCCC)SCC(CC)CCCC)c1cc(OC)sc1-3. The number of thioether (sulfide) groups is 4. The Morgan fingerprint density at radius 2 is 0.883 bits per heavy atom. The highest BCUT2D eigenvalue weighted by Crippen LogP contribution is 2.60. The highest BCUT2D eigenvalue weighted by molar-refractivity contribution is 8.23. The van der Waals surface area contributed by atoms with Gasteiger partial charge in [0.25, 0.3) is 0 Å². The molecular weight excluding hydrogens is 849 g/mol. The fourth-order valence-electron chi connectivity index (χ4n) is 8.57. The summed E-state index contributed by atoms with van der Waals surface area (Å²) in [5.41, 5.74) is 10.9. The van der Waals surface area contributed by atoms with Crippen molar-refractivity contribution in [1.29, 1.82) is 0 Å². The Hall–Kier alpha value is -1.03. The number of ether oxygens (including phenoxy) is 1. The smallest absolute Gasteiger partial charge is 0.174 e. The zero-order valence-electron chi connectivity index (χ0n) is 38.6. The molecule has 3 aromatic rings. The molecule has 0 aliphatic heterocycles. The molecule has 0 fully saturated rings. The van der Waals surface area contributed by atoms with Crippen LogP contribution in [0.2, 0.25) is 0 Å². The van der Waals surface area contributed by atoms with Crippen molar-refractivity contribution >= 4 is 87.2 Å². The van der Waals surface area contributed by atoms with Crippen molar-refractivity contribution < 1.29 is 9.53 Å². The summed E-state index contributed by atoms with van der Waals surface area (Å²) < 4.78 is 8.97. The Balaban J connectivity index is 1.71. The van der Waals surface area contributed by atoms with E-state index >= 15 is 0 Å². The Morgan fingerprint density at radius 3 is 1.22 bits per heavy atom. The van der Waals surface area contributed by atoms with E-state index in [2.05, 4.69) is 127 Å². The lowest BCUT2D eigenvalue weighted by atomic mass is 9.98. The zero-order chi connectivity index (χ0) is 43.0. The largest absolute Gasteiger partial charge is 0.487 e. The van der Waals surface area contributed by atoms with Crippen LogP contribution in [-0.2, 0) is 0 Å². The van der Waals surface area contributed by atoms with E-state index in [9.17, 15) is 4.79 Å². The van der Waals surface area contributed by atoms with E-state index < -0.39 is 0 Å². The molecule has 0 amide bonds. The van der Waals surface area contributed by atoms with Crippen LogP contribution < -0.4 is 4.74 Å². The Morgan fingerprint density at radius 1 is 0.517 bits per heavy atom. The maximum Gasteiger partial charge on any atom is 0.174 e. The summed E-state index contributed by atoms with van der Waals surface area (Å²) in [6.45, 7) is 18.8. The van der Waals surface area contributed by atoms with E-state index in [4.69, 9.17) is 4.74 Å². The topological polar surface area (TPSA) is 26.3 Å². The van der Waals surface area contributed by atoms with Crippen LogP contribution in [-0.4, -0.2) is 36.4 Å². The third kappa shape index (κ3) is 12.6. The highest BCUT2D eigenvalue weighted by atomic mass is 32.2. The summed E-state index contributed by atoms with van der Waals surface area (Å²) in [6.07, 6.45) is 21.5. The van der Waals surface area contributed by atoms with Gasteiger partial charge < -0.3 is 4.74 Å². The van der Waals surface area contributed by atoms with Crippen molar-refractivity contribution in [3.8, 4) is 25.9 Å². The molecule has 2 nitrogen and oxygen atoms in total. The molecule has 2 aromatic heterocycles. The molecule has 60 heavy (non-hydrogen) atoms. The van der Waals surface area contributed by atoms with Gasteiger partial charge in [-0.25, -0.2) is 0 Å². The normalized spacial score (nSPS) is 14.8. The predicted molar refractivity (Wildman–Crippen MR) is 280 cm³/mol. The average molecular weight is 926 g/mol. The van der Waals surface area contributed by atoms with Crippen LogP contribution >= 0.6 is 69.7 Å². The first-order chi connectivity index (χ1) is 29.3. The van der Waals surface area contributed by atoms with Gasteiger partial charge >= 0.3 is 0 Å². The summed E-state index contributed by atoms with van der Waals surface area (Å²) in [5.74, 6) is 7.53. The van der Waals surface area contributed by atoms with Crippen LogP contribution in [0.3, 0.4) is 0 Å². The maximum atomic E-state index is 12.5. The van der Waals surface area contributed by atoms with Gasteiger partial charge in [-0.2, -0.15) is 0 Å². The molecule has 0 N–H and O–H groups in total. The van der Waals surface area contributed by atoms with Gasteiger partial charge in [-0.15, -0.1) is 58.4 Å². The molecule has 2 aliphatic rings. The van der Waals surface area contributed by atoms with Crippen LogP contribution in [0.1, 0.15) is 190 Å². The van der Waals surface area contributed by atoms with Gasteiger partial charge in [0.15, 0.2) is 11.3 Å². The van der Waals surface area contributed by atoms with Crippen molar-refractivity contribution in [2.75, 3.05) is 30.1 Å². The summed E-state index contributed by atoms with van der Waals surface area (Å²) >= 11 is 12.0. The van der Waals surface area contributed by atoms with Crippen molar-refractivity contribution in [3.05, 3.63) is 59.9 Å². The zero-order valence-corrected chi connectivity index (χ0v) is 43.5. The van der Waals surface area contributed by atoms with Gasteiger partial charge in [-0.1, -0.05) is 144 Å². The number of thiophene rings is 2. The first-order valence-electron chi connectivity index (χ1n) is 23.8. The minimum absolute atomic E-state index is 0.715. The van der Waals surface area contributed by atoms with E-state index in [1.54, 1.807) is 11.3 Å². The number of hydrogen-bond acceptors (Lipinski definition) is 8. The molecule has 8 heteroatoms. The van der Waals surface area contributed by atoms with E-state index in [0.29, 0.717) is 11.8 Å². The molecule has 0 spiro atoms. The number of rotatable bonds is 30. The van der Waals surface area contributed by atoms with E-state index in [0.717, 1.165) is 39.6 Å². The van der Waals surface area contributed by atoms with Gasteiger partial charge in [-0.05, 0) is 78.7 Å². The summed E-state index contributed by atoms with van der Waals surface area (Å²) in [5, 5.41) is 0.995. The molecule has 0 saturated heterocycles. The van der Waals surface area contributed by atoms with Crippen LogP contribution in [0.25, 0.3) is 32.0 Å². The molecule has 332 valence electrons. The summed E-state index contributed by atoms with van der Waals surface area (Å²) in [4.78, 5) is 16.0. The number of unbranched alkanes of at least 4 members (excludes halogenated alkanes) is 4. The molecule has 2 aliphatic carbocycles. The summed E-state index contributed by atoms with van der Waals surface area (Å²) in [7, 11) is 1.83. The molecule has 0 radical (unpaired) electrons. The van der Waals surface area contributed by atoms with Gasteiger partial charge in [0, 0.05) is 80.7 Å². The molecular formula is C52H76O2S6.